The van der Waals surface area contributed by atoms with Gasteiger partial charge in [-0.2, -0.15) is 5.10 Å². The lowest BCUT2D eigenvalue weighted by Crippen LogP contribution is -2.34. The maximum absolute atomic E-state index is 5.41. The van der Waals surface area contributed by atoms with Crippen molar-refractivity contribution in [2.75, 3.05) is 19.8 Å². The molecule has 4 heteroatoms. The van der Waals surface area contributed by atoms with Crippen LogP contribution < -0.4 is 5.32 Å². The third-order valence-electron chi connectivity index (χ3n) is 2.47. The van der Waals surface area contributed by atoms with Crippen LogP contribution in [-0.4, -0.2) is 29.5 Å². The second kappa shape index (κ2) is 4.11. The molecule has 0 aromatic carbocycles. The van der Waals surface area contributed by atoms with Crippen molar-refractivity contribution in [2.45, 2.75) is 25.9 Å². The summed E-state index contributed by atoms with van der Waals surface area (Å²) in [5, 5.41) is 7.72. The van der Waals surface area contributed by atoms with Gasteiger partial charge >= 0.3 is 0 Å². The van der Waals surface area contributed by atoms with Gasteiger partial charge in [-0.05, 0) is 13.8 Å². The number of aromatic nitrogens is 2. The number of nitrogens with zero attached hydrogens (tertiary/aromatic N) is 2. The van der Waals surface area contributed by atoms with Gasteiger partial charge in [0.15, 0.2) is 0 Å². The van der Waals surface area contributed by atoms with E-state index in [2.05, 4.69) is 30.5 Å². The molecule has 1 unspecified atom stereocenters. The SMILES string of the molecule is CC(C)n1cc(C2COCCN2)cn1. The van der Waals surface area contributed by atoms with Gasteiger partial charge in [0.25, 0.3) is 0 Å². The van der Waals surface area contributed by atoms with Crippen molar-refractivity contribution >= 4 is 0 Å². The summed E-state index contributed by atoms with van der Waals surface area (Å²) in [6.45, 7) is 6.75. The van der Waals surface area contributed by atoms with Gasteiger partial charge in [0.2, 0.25) is 0 Å². The number of hydrogen-bond donors (Lipinski definition) is 1. The predicted molar refractivity (Wildman–Crippen MR) is 54.2 cm³/mol. The lowest BCUT2D eigenvalue weighted by atomic mass is 10.1. The van der Waals surface area contributed by atoms with Crippen LogP contribution in [0.4, 0.5) is 0 Å². The van der Waals surface area contributed by atoms with Gasteiger partial charge in [-0.25, -0.2) is 0 Å². The van der Waals surface area contributed by atoms with Gasteiger partial charge in [-0.15, -0.1) is 0 Å². The van der Waals surface area contributed by atoms with Gasteiger partial charge in [-0.1, -0.05) is 0 Å². The molecule has 1 N–H and O–H groups in total. The number of rotatable bonds is 2. The summed E-state index contributed by atoms with van der Waals surface area (Å²) in [6.07, 6.45) is 4.02. The van der Waals surface area contributed by atoms with E-state index in [1.54, 1.807) is 0 Å². The summed E-state index contributed by atoms with van der Waals surface area (Å²) < 4.78 is 7.38. The van der Waals surface area contributed by atoms with E-state index in [0.29, 0.717) is 12.1 Å². The highest BCUT2D eigenvalue weighted by atomic mass is 16.5. The predicted octanol–water partition coefficient (Wildman–Crippen LogP) is 1.12. The summed E-state index contributed by atoms with van der Waals surface area (Å²) >= 11 is 0. The maximum atomic E-state index is 5.41. The fourth-order valence-corrected chi connectivity index (χ4v) is 1.59. The monoisotopic (exact) mass is 195 g/mol. The van der Waals surface area contributed by atoms with E-state index in [4.69, 9.17) is 4.74 Å². The molecule has 0 bridgehead atoms. The standard InChI is InChI=1S/C10H17N3O/c1-8(2)13-6-9(5-12-13)10-7-14-4-3-11-10/h5-6,8,10-11H,3-4,7H2,1-2H3. The largest absolute Gasteiger partial charge is 0.378 e. The zero-order chi connectivity index (χ0) is 9.97. The molecular formula is C10H17N3O. The normalized spacial score (nSPS) is 22.9. The van der Waals surface area contributed by atoms with Crippen LogP contribution >= 0.6 is 0 Å². The van der Waals surface area contributed by atoms with Crippen molar-refractivity contribution in [2.24, 2.45) is 0 Å². The van der Waals surface area contributed by atoms with Gasteiger partial charge in [0.1, 0.15) is 0 Å². The summed E-state index contributed by atoms with van der Waals surface area (Å²) in [7, 11) is 0. The lowest BCUT2D eigenvalue weighted by molar-refractivity contribution is 0.0768. The molecule has 1 fully saturated rings. The Bertz CT molecular complexity index is 289. The summed E-state index contributed by atoms with van der Waals surface area (Å²) in [4.78, 5) is 0. The molecule has 14 heavy (non-hydrogen) atoms. The maximum Gasteiger partial charge on any atom is 0.0663 e. The minimum absolute atomic E-state index is 0.316. The Labute approximate surface area is 84.3 Å². The molecule has 1 aromatic rings. The van der Waals surface area contributed by atoms with Gasteiger partial charge in [0, 0.05) is 24.3 Å². The fraction of sp³-hybridized carbons (Fsp3) is 0.700. The average Bonchev–Trinajstić information content (AvgIpc) is 2.68. The van der Waals surface area contributed by atoms with Crippen LogP contribution in [0.1, 0.15) is 31.5 Å². The van der Waals surface area contributed by atoms with Crippen LogP contribution in [0.3, 0.4) is 0 Å². The number of ether oxygens (including phenoxy) is 1. The van der Waals surface area contributed by atoms with Crippen molar-refractivity contribution < 1.29 is 4.74 Å². The second-order valence-electron chi connectivity index (χ2n) is 3.93. The molecule has 2 rings (SSSR count). The molecule has 1 saturated heterocycles. The highest BCUT2D eigenvalue weighted by Gasteiger charge is 2.16. The van der Waals surface area contributed by atoms with Crippen LogP contribution in [0.15, 0.2) is 12.4 Å². The Morgan fingerprint density at radius 2 is 2.50 bits per heavy atom. The quantitative estimate of drug-likeness (QED) is 0.768. The van der Waals surface area contributed by atoms with E-state index < -0.39 is 0 Å². The highest BCUT2D eigenvalue weighted by molar-refractivity contribution is 5.11. The zero-order valence-corrected chi connectivity index (χ0v) is 8.73. The van der Waals surface area contributed by atoms with Crippen LogP contribution in [0, 0.1) is 0 Å². The van der Waals surface area contributed by atoms with Crippen molar-refractivity contribution in [3.05, 3.63) is 18.0 Å². The van der Waals surface area contributed by atoms with E-state index in [0.717, 1.165) is 19.8 Å². The van der Waals surface area contributed by atoms with Crippen molar-refractivity contribution in [1.29, 1.82) is 0 Å². The molecule has 0 saturated carbocycles. The average molecular weight is 195 g/mol. The molecule has 4 nitrogen and oxygen atoms in total. The van der Waals surface area contributed by atoms with E-state index in [1.165, 1.54) is 5.56 Å². The molecule has 0 spiro atoms. The molecule has 0 amide bonds. The first-order valence-corrected chi connectivity index (χ1v) is 5.12. The Balaban J connectivity index is 2.07. The molecule has 0 radical (unpaired) electrons. The summed E-state index contributed by atoms with van der Waals surface area (Å²) in [6, 6.07) is 0.740. The van der Waals surface area contributed by atoms with E-state index >= 15 is 0 Å². The number of hydrogen-bond acceptors (Lipinski definition) is 3. The zero-order valence-electron chi connectivity index (χ0n) is 8.73. The topological polar surface area (TPSA) is 39.1 Å². The number of nitrogens with one attached hydrogen (secondary N) is 1. The van der Waals surface area contributed by atoms with Crippen molar-refractivity contribution in [3.8, 4) is 0 Å². The molecule has 1 aromatic heterocycles. The summed E-state index contributed by atoms with van der Waals surface area (Å²) in [5.74, 6) is 0. The Morgan fingerprint density at radius 3 is 3.07 bits per heavy atom. The first-order valence-electron chi connectivity index (χ1n) is 5.12. The van der Waals surface area contributed by atoms with E-state index in [9.17, 15) is 0 Å². The third-order valence-corrected chi connectivity index (χ3v) is 2.47. The van der Waals surface area contributed by atoms with Crippen LogP contribution in [0.5, 0.6) is 0 Å². The van der Waals surface area contributed by atoms with Crippen LogP contribution in [0.25, 0.3) is 0 Å². The molecule has 2 heterocycles. The molecule has 1 aliphatic rings. The fourth-order valence-electron chi connectivity index (χ4n) is 1.59. The second-order valence-corrected chi connectivity index (χ2v) is 3.93. The lowest BCUT2D eigenvalue weighted by Gasteiger charge is -2.22. The summed E-state index contributed by atoms with van der Waals surface area (Å²) in [5.41, 5.74) is 1.22. The van der Waals surface area contributed by atoms with E-state index in [1.807, 2.05) is 10.9 Å². The van der Waals surface area contributed by atoms with Gasteiger partial charge < -0.3 is 10.1 Å². The Hall–Kier alpha value is -0.870. The number of morpholine rings is 1. The highest BCUT2D eigenvalue weighted by Crippen LogP contribution is 2.16. The molecule has 1 atom stereocenters. The first-order chi connectivity index (χ1) is 6.77. The first kappa shape index (κ1) is 9.68. The molecule has 1 aliphatic heterocycles. The van der Waals surface area contributed by atoms with Crippen molar-refractivity contribution in [1.82, 2.24) is 15.1 Å². The van der Waals surface area contributed by atoms with E-state index in [-0.39, 0.29) is 0 Å². The Morgan fingerprint density at radius 1 is 1.64 bits per heavy atom. The minimum atomic E-state index is 0.316. The Kier molecular flexibility index (Phi) is 2.84. The smallest absolute Gasteiger partial charge is 0.0663 e. The van der Waals surface area contributed by atoms with Gasteiger partial charge in [-0.3, -0.25) is 4.68 Å². The van der Waals surface area contributed by atoms with Gasteiger partial charge in [0.05, 0.1) is 25.5 Å². The molecular weight excluding hydrogens is 178 g/mol. The van der Waals surface area contributed by atoms with Crippen LogP contribution in [-0.2, 0) is 4.74 Å². The van der Waals surface area contributed by atoms with Crippen LogP contribution in [0.2, 0.25) is 0 Å². The van der Waals surface area contributed by atoms with Crippen molar-refractivity contribution in [3.63, 3.8) is 0 Å². The molecule has 78 valence electrons. The molecule has 0 aliphatic carbocycles. The third kappa shape index (κ3) is 1.96. The minimum Gasteiger partial charge on any atom is -0.378 e.